The molecule has 1 amide bonds. The molecule has 1 aromatic heterocycles. The van der Waals surface area contributed by atoms with Gasteiger partial charge >= 0.3 is 0 Å². The minimum absolute atomic E-state index is 0.0621. The zero-order valence-electron chi connectivity index (χ0n) is 21.0. The van der Waals surface area contributed by atoms with Gasteiger partial charge in [0.25, 0.3) is 5.56 Å². The molecule has 5 rings (SSSR count). The summed E-state index contributed by atoms with van der Waals surface area (Å²) < 4.78 is 14.7. The van der Waals surface area contributed by atoms with E-state index >= 15 is 0 Å². The summed E-state index contributed by atoms with van der Waals surface area (Å²) in [6.07, 6.45) is 3.43. The van der Waals surface area contributed by atoms with E-state index < -0.39 is 6.10 Å². The molecule has 2 aromatic carbocycles. The summed E-state index contributed by atoms with van der Waals surface area (Å²) in [6, 6.07) is 13.2. The van der Waals surface area contributed by atoms with E-state index in [-0.39, 0.29) is 36.8 Å². The lowest BCUT2D eigenvalue weighted by Crippen LogP contribution is -2.42. The predicted molar refractivity (Wildman–Crippen MR) is 149 cm³/mol. The Morgan fingerprint density at radius 2 is 1.97 bits per heavy atom. The second-order valence-corrected chi connectivity index (χ2v) is 11.5. The number of thioether (sulfide) groups is 1. The van der Waals surface area contributed by atoms with Crippen LogP contribution in [0.1, 0.15) is 48.6 Å². The third-order valence-corrected chi connectivity index (χ3v) is 8.77. The van der Waals surface area contributed by atoms with Crippen LogP contribution in [0.5, 0.6) is 0 Å². The Morgan fingerprint density at radius 1 is 1.21 bits per heavy atom. The van der Waals surface area contributed by atoms with Crippen LogP contribution in [0.3, 0.4) is 0 Å². The van der Waals surface area contributed by atoms with E-state index in [1.807, 2.05) is 24.3 Å². The Kier molecular flexibility index (Phi) is 8.52. The van der Waals surface area contributed by atoms with Crippen LogP contribution in [0.4, 0.5) is 4.39 Å². The van der Waals surface area contributed by atoms with Crippen LogP contribution in [-0.4, -0.2) is 50.3 Å². The quantitative estimate of drug-likeness (QED) is 0.211. The standard InChI is InChI=1S/C28H31FN4O3S2/c29-19-10-8-18(9-11-19)24(34)16-30-14-12-26(35)32-15-13-22-21(17-32)27(36)33(23-6-1-2-7-25(23)37)28(31-22)38-20-4-3-5-20/h1-2,6-11,20,24,30,34,37H,3-5,12-17H2/t24-/m0/s1. The van der Waals surface area contributed by atoms with Gasteiger partial charge < -0.3 is 15.3 Å². The summed E-state index contributed by atoms with van der Waals surface area (Å²) in [5.74, 6) is -0.416. The first-order valence-corrected chi connectivity index (χ1v) is 14.2. The molecule has 7 nitrogen and oxygen atoms in total. The topological polar surface area (TPSA) is 87.5 Å². The molecule has 1 atom stereocenters. The number of benzene rings is 2. The summed E-state index contributed by atoms with van der Waals surface area (Å²) in [5, 5.41) is 14.5. The van der Waals surface area contributed by atoms with Crippen molar-refractivity contribution in [1.29, 1.82) is 0 Å². The van der Waals surface area contributed by atoms with Crippen molar-refractivity contribution in [3.8, 4) is 5.69 Å². The number of nitrogens with one attached hydrogen (secondary N) is 1. The lowest BCUT2D eigenvalue weighted by atomic mass is 10.0. The molecule has 1 aliphatic heterocycles. The van der Waals surface area contributed by atoms with Crippen LogP contribution >= 0.6 is 24.4 Å². The number of rotatable bonds is 9. The van der Waals surface area contributed by atoms with E-state index in [1.54, 1.807) is 33.4 Å². The highest BCUT2D eigenvalue weighted by Gasteiger charge is 2.29. The number of aromatic nitrogens is 2. The number of carbonyl (C=O) groups excluding carboxylic acids is 1. The summed E-state index contributed by atoms with van der Waals surface area (Å²) in [5.41, 5.74) is 2.49. The summed E-state index contributed by atoms with van der Waals surface area (Å²) in [6.45, 7) is 1.37. The molecule has 2 aliphatic rings. The number of hydrogen-bond acceptors (Lipinski definition) is 7. The van der Waals surface area contributed by atoms with Crippen LogP contribution < -0.4 is 10.9 Å². The molecule has 0 bridgehead atoms. The number of nitrogens with zero attached hydrogens (tertiary/aromatic N) is 3. The minimum Gasteiger partial charge on any atom is -0.387 e. The average molecular weight is 555 g/mol. The number of aliphatic hydroxyl groups is 1. The van der Waals surface area contributed by atoms with Gasteiger partial charge in [0.1, 0.15) is 5.82 Å². The lowest BCUT2D eigenvalue weighted by molar-refractivity contribution is -0.132. The Bertz CT molecular complexity index is 1360. The smallest absolute Gasteiger partial charge is 0.264 e. The van der Waals surface area contributed by atoms with Gasteiger partial charge in [-0.2, -0.15) is 0 Å². The normalized spacial score (nSPS) is 16.1. The van der Waals surface area contributed by atoms with E-state index in [1.165, 1.54) is 18.6 Å². The molecule has 1 fully saturated rings. The first-order valence-electron chi connectivity index (χ1n) is 12.9. The van der Waals surface area contributed by atoms with Crippen molar-refractivity contribution in [3.05, 3.63) is 81.5 Å². The van der Waals surface area contributed by atoms with Crippen molar-refractivity contribution in [2.24, 2.45) is 0 Å². The lowest BCUT2D eigenvalue weighted by Gasteiger charge is -2.30. The zero-order valence-corrected chi connectivity index (χ0v) is 22.7. The maximum Gasteiger partial charge on any atom is 0.264 e. The minimum atomic E-state index is -0.793. The summed E-state index contributed by atoms with van der Waals surface area (Å²) >= 11 is 6.25. The number of halogens is 1. The molecular weight excluding hydrogens is 523 g/mol. The van der Waals surface area contributed by atoms with Crippen LogP contribution in [0.15, 0.2) is 63.4 Å². The zero-order chi connectivity index (χ0) is 26.6. The van der Waals surface area contributed by atoms with Gasteiger partial charge in [-0.1, -0.05) is 42.4 Å². The molecule has 2 N–H and O–H groups in total. The van der Waals surface area contributed by atoms with E-state index in [9.17, 15) is 19.1 Å². The summed E-state index contributed by atoms with van der Waals surface area (Å²) in [7, 11) is 0. The maximum atomic E-state index is 13.8. The van der Waals surface area contributed by atoms with Gasteiger partial charge in [-0.15, -0.1) is 12.6 Å². The summed E-state index contributed by atoms with van der Waals surface area (Å²) in [4.78, 5) is 34.1. The van der Waals surface area contributed by atoms with Gasteiger partial charge in [-0.3, -0.25) is 14.2 Å². The molecule has 0 unspecified atom stereocenters. The molecule has 3 aromatic rings. The van der Waals surface area contributed by atoms with Crippen molar-refractivity contribution in [2.75, 3.05) is 19.6 Å². The van der Waals surface area contributed by atoms with E-state index in [0.717, 1.165) is 18.5 Å². The highest BCUT2D eigenvalue weighted by atomic mass is 32.2. The average Bonchev–Trinajstić information content (AvgIpc) is 2.89. The van der Waals surface area contributed by atoms with E-state index in [4.69, 9.17) is 4.98 Å². The van der Waals surface area contributed by atoms with Crippen LogP contribution in [-0.2, 0) is 17.8 Å². The fraction of sp³-hybridized carbons (Fsp3) is 0.393. The van der Waals surface area contributed by atoms with Crippen molar-refractivity contribution >= 4 is 30.3 Å². The Labute approximate surface area is 230 Å². The first kappa shape index (κ1) is 26.9. The number of fused-ring (bicyclic) bond motifs is 1. The molecule has 1 saturated carbocycles. The fourth-order valence-electron chi connectivity index (χ4n) is 4.64. The molecule has 0 radical (unpaired) electrons. The SMILES string of the molecule is O=C(CCNC[C@H](O)c1ccc(F)cc1)N1CCc2nc(SC3CCC3)n(-c3ccccc3S)c(=O)c2C1. The van der Waals surface area contributed by atoms with Crippen molar-refractivity contribution < 1.29 is 14.3 Å². The second-order valence-electron chi connectivity index (χ2n) is 9.71. The van der Waals surface area contributed by atoms with Crippen LogP contribution in [0.2, 0.25) is 0 Å². The highest BCUT2D eigenvalue weighted by Crippen LogP contribution is 2.37. The molecule has 10 heteroatoms. The molecule has 1 aliphatic carbocycles. The number of thiol groups is 1. The third-order valence-electron chi connectivity index (χ3n) is 7.11. The predicted octanol–water partition coefficient (Wildman–Crippen LogP) is 3.90. The van der Waals surface area contributed by atoms with Gasteiger partial charge in [-0.25, -0.2) is 9.37 Å². The molecular formula is C28H31FN4O3S2. The maximum absolute atomic E-state index is 13.8. The molecule has 38 heavy (non-hydrogen) atoms. The number of amides is 1. The van der Waals surface area contributed by atoms with Gasteiger partial charge in [0.2, 0.25) is 5.91 Å². The number of aliphatic hydroxyl groups excluding tert-OH is 1. The molecule has 0 spiro atoms. The molecule has 200 valence electrons. The third kappa shape index (κ3) is 5.98. The monoisotopic (exact) mass is 554 g/mol. The van der Waals surface area contributed by atoms with Gasteiger partial charge in [0.15, 0.2) is 5.16 Å². The van der Waals surface area contributed by atoms with E-state index in [0.29, 0.717) is 51.6 Å². The fourth-order valence-corrected chi connectivity index (χ4v) is 6.22. The second kappa shape index (κ2) is 12.0. The molecule has 2 heterocycles. The Morgan fingerprint density at radius 3 is 2.68 bits per heavy atom. The Balaban J connectivity index is 1.26. The number of hydrogen-bond donors (Lipinski definition) is 3. The van der Waals surface area contributed by atoms with Gasteiger partial charge in [0.05, 0.1) is 29.6 Å². The number of carbonyl (C=O) groups is 1. The van der Waals surface area contributed by atoms with Gasteiger partial charge in [-0.05, 0) is 42.7 Å². The van der Waals surface area contributed by atoms with Crippen molar-refractivity contribution in [1.82, 2.24) is 19.8 Å². The largest absolute Gasteiger partial charge is 0.387 e. The van der Waals surface area contributed by atoms with Crippen molar-refractivity contribution in [2.45, 2.75) is 60.1 Å². The Hall–Kier alpha value is -2.66. The van der Waals surface area contributed by atoms with Crippen LogP contribution in [0, 0.1) is 5.82 Å². The van der Waals surface area contributed by atoms with Crippen molar-refractivity contribution in [3.63, 3.8) is 0 Å². The highest BCUT2D eigenvalue weighted by molar-refractivity contribution is 7.99. The van der Waals surface area contributed by atoms with Gasteiger partial charge in [0, 0.05) is 42.6 Å². The number of para-hydroxylation sites is 1. The first-order chi connectivity index (χ1) is 18.4. The molecule has 0 saturated heterocycles. The van der Waals surface area contributed by atoms with Crippen LogP contribution in [0.25, 0.3) is 5.69 Å². The van der Waals surface area contributed by atoms with E-state index in [2.05, 4.69) is 17.9 Å².